The van der Waals surface area contributed by atoms with Crippen molar-refractivity contribution in [1.82, 2.24) is 4.90 Å². The third-order valence-electron chi connectivity index (χ3n) is 4.21. The highest BCUT2D eigenvalue weighted by Gasteiger charge is 2.36. The van der Waals surface area contributed by atoms with Gasteiger partial charge < -0.3 is 14.2 Å². The summed E-state index contributed by atoms with van der Waals surface area (Å²) in [7, 11) is 1.37. The van der Waals surface area contributed by atoms with Crippen LogP contribution in [0.25, 0.3) is 6.08 Å². The molecule has 8 nitrogen and oxygen atoms in total. The number of esters is 2. The van der Waals surface area contributed by atoms with Crippen molar-refractivity contribution in [2.75, 3.05) is 20.3 Å². The maximum absolute atomic E-state index is 13.3. The van der Waals surface area contributed by atoms with Gasteiger partial charge in [-0.2, -0.15) is 0 Å². The molecule has 2 amide bonds. The van der Waals surface area contributed by atoms with Crippen LogP contribution in [0.2, 0.25) is 0 Å². The van der Waals surface area contributed by atoms with E-state index in [0.29, 0.717) is 17.3 Å². The lowest BCUT2D eigenvalue weighted by Gasteiger charge is -2.11. The standard InChI is InChI=1S/C22H18FNO7S/c1-3-30-19(25)12-24-20(26)18(32-22(24)28)10-13-7-8-16(17(9-13)29-2)31-21(27)14-5-4-6-15(23)11-14/h4-11H,3,12H2,1-2H3/b18-10-. The van der Waals surface area contributed by atoms with Crippen LogP contribution in [0.1, 0.15) is 22.8 Å². The lowest BCUT2D eigenvalue weighted by molar-refractivity contribution is -0.145. The van der Waals surface area contributed by atoms with E-state index < -0.39 is 35.4 Å². The molecule has 2 aromatic rings. The Kier molecular flexibility index (Phi) is 7.26. The second kappa shape index (κ2) is 10.1. The topological polar surface area (TPSA) is 99.2 Å². The maximum atomic E-state index is 13.3. The van der Waals surface area contributed by atoms with E-state index in [9.17, 15) is 23.6 Å². The van der Waals surface area contributed by atoms with Crippen LogP contribution >= 0.6 is 11.8 Å². The quantitative estimate of drug-likeness (QED) is 0.352. The van der Waals surface area contributed by atoms with E-state index in [2.05, 4.69) is 0 Å². The van der Waals surface area contributed by atoms with Crippen molar-refractivity contribution in [3.8, 4) is 11.5 Å². The molecule has 0 aliphatic carbocycles. The van der Waals surface area contributed by atoms with Gasteiger partial charge in [-0.3, -0.25) is 19.3 Å². The zero-order valence-electron chi connectivity index (χ0n) is 17.1. The fourth-order valence-corrected chi connectivity index (χ4v) is 3.59. The summed E-state index contributed by atoms with van der Waals surface area (Å²) in [6, 6.07) is 9.57. The summed E-state index contributed by atoms with van der Waals surface area (Å²) in [6.07, 6.45) is 1.46. The average molecular weight is 459 g/mol. The van der Waals surface area contributed by atoms with Crippen LogP contribution in [-0.2, 0) is 14.3 Å². The van der Waals surface area contributed by atoms with Gasteiger partial charge >= 0.3 is 11.9 Å². The van der Waals surface area contributed by atoms with Gasteiger partial charge in [0, 0.05) is 0 Å². The smallest absolute Gasteiger partial charge is 0.343 e. The van der Waals surface area contributed by atoms with Gasteiger partial charge in [0.2, 0.25) is 0 Å². The van der Waals surface area contributed by atoms with Crippen molar-refractivity contribution in [3.05, 3.63) is 64.3 Å². The summed E-state index contributed by atoms with van der Waals surface area (Å²) in [5.41, 5.74) is 0.528. The minimum Gasteiger partial charge on any atom is -0.493 e. The molecule has 10 heteroatoms. The molecule has 3 rings (SSSR count). The number of carbonyl (C=O) groups excluding carboxylic acids is 4. The first kappa shape index (κ1) is 23.0. The molecule has 0 saturated carbocycles. The second-order valence-electron chi connectivity index (χ2n) is 6.38. The van der Waals surface area contributed by atoms with Crippen molar-refractivity contribution in [2.45, 2.75) is 6.92 Å². The van der Waals surface area contributed by atoms with Crippen LogP contribution in [0.3, 0.4) is 0 Å². The van der Waals surface area contributed by atoms with E-state index in [1.807, 2.05) is 0 Å². The van der Waals surface area contributed by atoms with Crippen molar-refractivity contribution in [3.63, 3.8) is 0 Å². The molecule has 0 atom stereocenters. The summed E-state index contributed by atoms with van der Waals surface area (Å²) < 4.78 is 28.6. The fraction of sp³-hybridized carbons (Fsp3) is 0.182. The minimum absolute atomic E-state index is 0.0337. The molecule has 0 N–H and O–H groups in total. The molecular weight excluding hydrogens is 441 g/mol. The molecule has 1 fully saturated rings. The third kappa shape index (κ3) is 5.33. The van der Waals surface area contributed by atoms with E-state index in [4.69, 9.17) is 14.2 Å². The van der Waals surface area contributed by atoms with Gasteiger partial charge in [0.25, 0.3) is 11.1 Å². The van der Waals surface area contributed by atoms with Crippen molar-refractivity contribution < 1.29 is 37.8 Å². The Labute approximate surface area is 186 Å². The van der Waals surface area contributed by atoms with Gasteiger partial charge in [-0.1, -0.05) is 12.1 Å². The maximum Gasteiger partial charge on any atom is 0.343 e. The summed E-state index contributed by atoms with van der Waals surface area (Å²) in [4.78, 5) is 49.4. The summed E-state index contributed by atoms with van der Waals surface area (Å²) in [6.45, 7) is 1.30. The summed E-state index contributed by atoms with van der Waals surface area (Å²) in [5.74, 6) is -2.35. The van der Waals surface area contributed by atoms with Crippen LogP contribution in [0, 0.1) is 5.82 Å². The molecule has 32 heavy (non-hydrogen) atoms. The Morgan fingerprint density at radius 2 is 1.91 bits per heavy atom. The molecule has 0 aromatic heterocycles. The van der Waals surface area contributed by atoms with E-state index >= 15 is 0 Å². The van der Waals surface area contributed by atoms with Gasteiger partial charge in [-0.15, -0.1) is 0 Å². The highest BCUT2D eigenvalue weighted by Crippen LogP contribution is 2.34. The normalized spacial score (nSPS) is 14.6. The molecular formula is C22H18FNO7S. The molecule has 2 aromatic carbocycles. The number of imide groups is 1. The number of hydrogen-bond donors (Lipinski definition) is 0. The number of benzene rings is 2. The largest absolute Gasteiger partial charge is 0.493 e. The van der Waals surface area contributed by atoms with E-state index in [0.717, 1.165) is 11.0 Å². The fourth-order valence-electron chi connectivity index (χ4n) is 2.76. The summed E-state index contributed by atoms with van der Waals surface area (Å²) >= 11 is 0.693. The van der Waals surface area contributed by atoms with Crippen molar-refractivity contribution in [2.24, 2.45) is 0 Å². The molecule has 0 bridgehead atoms. The number of carbonyl (C=O) groups is 4. The number of thioether (sulfide) groups is 1. The Hall–Kier alpha value is -3.66. The lowest BCUT2D eigenvalue weighted by Crippen LogP contribution is -2.34. The van der Waals surface area contributed by atoms with Crippen molar-refractivity contribution in [1.29, 1.82) is 0 Å². The molecule has 1 saturated heterocycles. The number of methoxy groups -OCH3 is 1. The van der Waals surface area contributed by atoms with E-state index in [1.165, 1.54) is 43.5 Å². The number of hydrogen-bond acceptors (Lipinski definition) is 8. The zero-order chi connectivity index (χ0) is 23.3. The van der Waals surface area contributed by atoms with Crippen LogP contribution in [0.5, 0.6) is 11.5 Å². The van der Waals surface area contributed by atoms with Crippen molar-refractivity contribution >= 4 is 40.9 Å². The average Bonchev–Trinajstić information content (AvgIpc) is 3.02. The summed E-state index contributed by atoms with van der Waals surface area (Å²) in [5, 5.41) is -0.582. The Morgan fingerprint density at radius 3 is 2.59 bits per heavy atom. The highest BCUT2D eigenvalue weighted by molar-refractivity contribution is 8.18. The van der Waals surface area contributed by atoms with E-state index in [1.54, 1.807) is 13.0 Å². The number of halogens is 1. The Balaban J connectivity index is 1.77. The molecule has 1 aliphatic rings. The Morgan fingerprint density at radius 1 is 1.12 bits per heavy atom. The molecule has 0 radical (unpaired) electrons. The SMILES string of the molecule is CCOC(=O)CN1C(=O)S/C(=C\c2ccc(OC(=O)c3cccc(F)c3)c(OC)c2)C1=O. The van der Waals surface area contributed by atoms with Gasteiger partial charge in [0.15, 0.2) is 11.5 Å². The monoisotopic (exact) mass is 459 g/mol. The van der Waals surface area contributed by atoms with Crippen LogP contribution < -0.4 is 9.47 Å². The predicted octanol–water partition coefficient (Wildman–Crippen LogP) is 3.65. The third-order valence-corrected chi connectivity index (χ3v) is 5.12. The minimum atomic E-state index is -0.768. The zero-order valence-corrected chi connectivity index (χ0v) is 17.9. The number of rotatable bonds is 7. The first-order valence-corrected chi connectivity index (χ1v) is 10.2. The number of ether oxygens (including phenoxy) is 3. The predicted molar refractivity (Wildman–Crippen MR) is 114 cm³/mol. The van der Waals surface area contributed by atoms with E-state index in [-0.39, 0.29) is 28.6 Å². The van der Waals surface area contributed by atoms with Crippen LogP contribution in [0.4, 0.5) is 9.18 Å². The molecule has 1 heterocycles. The van der Waals surface area contributed by atoms with Gasteiger partial charge in [0.1, 0.15) is 12.4 Å². The van der Waals surface area contributed by atoms with Gasteiger partial charge in [-0.05, 0) is 60.7 Å². The van der Waals surface area contributed by atoms with Gasteiger partial charge in [-0.25, -0.2) is 9.18 Å². The number of amides is 2. The molecule has 166 valence electrons. The molecule has 0 spiro atoms. The Bertz CT molecular complexity index is 1120. The number of nitrogens with zero attached hydrogens (tertiary/aromatic N) is 1. The first-order chi connectivity index (χ1) is 15.3. The molecule has 1 aliphatic heterocycles. The lowest BCUT2D eigenvalue weighted by atomic mass is 10.1. The van der Waals surface area contributed by atoms with Gasteiger partial charge in [0.05, 0.1) is 24.2 Å². The first-order valence-electron chi connectivity index (χ1n) is 9.39. The highest BCUT2D eigenvalue weighted by atomic mass is 32.2. The van der Waals surface area contributed by atoms with Crippen LogP contribution in [-0.4, -0.2) is 48.2 Å². The van der Waals surface area contributed by atoms with Crippen LogP contribution in [0.15, 0.2) is 47.4 Å². The second-order valence-corrected chi connectivity index (χ2v) is 7.38. The molecule has 0 unspecified atom stereocenters.